The highest BCUT2D eigenvalue weighted by Crippen LogP contribution is 2.06. The Morgan fingerprint density at radius 3 is 2.72 bits per heavy atom. The quantitative estimate of drug-likeness (QED) is 0.725. The average molecular weight is 249 g/mol. The van der Waals surface area contributed by atoms with Crippen LogP contribution in [0.15, 0.2) is 24.3 Å². The van der Waals surface area contributed by atoms with Crippen LogP contribution in [-0.4, -0.2) is 23.5 Å². The Kier molecular flexibility index (Phi) is 5.91. The molecule has 2 N–H and O–H groups in total. The summed E-state index contributed by atoms with van der Waals surface area (Å²) in [5.41, 5.74) is 2.34. The predicted octanol–water partition coefficient (Wildman–Crippen LogP) is 1.91. The van der Waals surface area contributed by atoms with Gasteiger partial charge in [-0.1, -0.05) is 29.8 Å². The Morgan fingerprint density at radius 1 is 1.28 bits per heavy atom. The van der Waals surface area contributed by atoms with Crippen LogP contribution in [0.3, 0.4) is 0 Å². The number of hydrogen-bond acceptors (Lipinski definition) is 2. The lowest BCUT2D eigenvalue weighted by Gasteiger charge is -2.05. The van der Waals surface area contributed by atoms with E-state index in [2.05, 4.69) is 11.4 Å². The molecule has 1 aromatic rings. The number of rotatable bonds is 7. The summed E-state index contributed by atoms with van der Waals surface area (Å²) < 4.78 is 0. The summed E-state index contributed by atoms with van der Waals surface area (Å²) in [6.07, 6.45) is 1.73. The maximum atomic E-state index is 11.5. The largest absolute Gasteiger partial charge is 0.481 e. The molecule has 1 aromatic carbocycles. The van der Waals surface area contributed by atoms with E-state index in [0.29, 0.717) is 25.8 Å². The Bertz CT molecular complexity index is 415. The topological polar surface area (TPSA) is 66.4 Å². The molecular weight excluding hydrogens is 230 g/mol. The molecule has 0 spiro atoms. The Balaban J connectivity index is 2.19. The van der Waals surface area contributed by atoms with E-state index in [-0.39, 0.29) is 12.3 Å². The zero-order valence-corrected chi connectivity index (χ0v) is 10.6. The molecule has 0 aliphatic carbocycles. The minimum atomic E-state index is -0.830. The van der Waals surface area contributed by atoms with Gasteiger partial charge in [0.05, 0.1) is 0 Å². The summed E-state index contributed by atoms with van der Waals surface area (Å²) in [7, 11) is 0. The normalized spacial score (nSPS) is 10.1. The van der Waals surface area contributed by atoms with Crippen molar-refractivity contribution in [2.45, 2.75) is 32.6 Å². The minimum Gasteiger partial charge on any atom is -0.481 e. The van der Waals surface area contributed by atoms with E-state index in [0.717, 1.165) is 5.56 Å². The second-order valence-electron chi connectivity index (χ2n) is 4.34. The lowest BCUT2D eigenvalue weighted by Crippen LogP contribution is -2.25. The molecule has 0 fully saturated rings. The van der Waals surface area contributed by atoms with E-state index in [9.17, 15) is 9.59 Å². The predicted molar refractivity (Wildman–Crippen MR) is 69.4 cm³/mol. The van der Waals surface area contributed by atoms with E-state index in [1.807, 2.05) is 25.1 Å². The molecule has 0 aromatic heterocycles. The molecular formula is C14H19NO3. The van der Waals surface area contributed by atoms with Gasteiger partial charge in [-0.25, -0.2) is 0 Å². The molecule has 0 saturated heterocycles. The fraction of sp³-hybridized carbons (Fsp3) is 0.429. The molecule has 1 amide bonds. The van der Waals surface area contributed by atoms with Crippen molar-refractivity contribution in [3.63, 3.8) is 0 Å². The molecule has 4 nitrogen and oxygen atoms in total. The summed E-state index contributed by atoms with van der Waals surface area (Å²) in [5, 5.41) is 11.2. The molecule has 0 bridgehead atoms. The molecule has 0 unspecified atom stereocenters. The Labute approximate surface area is 107 Å². The molecule has 4 heteroatoms. The highest BCUT2D eigenvalue weighted by Gasteiger charge is 2.03. The fourth-order valence-corrected chi connectivity index (χ4v) is 1.68. The monoisotopic (exact) mass is 249 g/mol. The number of aryl methyl sites for hydroxylation is 2. The number of carbonyl (C=O) groups is 2. The number of benzene rings is 1. The lowest BCUT2D eigenvalue weighted by atomic mass is 10.1. The highest BCUT2D eigenvalue weighted by molar-refractivity contribution is 5.76. The van der Waals surface area contributed by atoms with Crippen LogP contribution in [0.2, 0.25) is 0 Å². The first-order valence-corrected chi connectivity index (χ1v) is 6.12. The molecule has 0 aliphatic heterocycles. The van der Waals surface area contributed by atoms with Crippen molar-refractivity contribution in [3.8, 4) is 0 Å². The number of nitrogens with one attached hydrogen (secondary N) is 1. The second-order valence-corrected chi connectivity index (χ2v) is 4.34. The average Bonchev–Trinajstić information content (AvgIpc) is 2.32. The van der Waals surface area contributed by atoms with Crippen molar-refractivity contribution in [2.75, 3.05) is 6.54 Å². The summed E-state index contributed by atoms with van der Waals surface area (Å²) in [6.45, 7) is 2.45. The fourth-order valence-electron chi connectivity index (χ4n) is 1.68. The van der Waals surface area contributed by atoms with E-state index in [4.69, 9.17) is 5.11 Å². The van der Waals surface area contributed by atoms with Crippen LogP contribution in [0.1, 0.15) is 30.4 Å². The summed E-state index contributed by atoms with van der Waals surface area (Å²) >= 11 is 0. The summed E-state index contributed by atoms with van der Waals surface area (Å²) in [6, 6.07) is 8.08. The van der Waals surface area contributed by atoms with Crippen LogP contribution in [0.25, 0.3) is 0 Å². The number of hydrogen-bond donors (Lipinski definition) is 2. The van der Waals surface area contributed by atoms with Crippen molar-refractivity contribution in [1.29, 1.82) is 0 Å². The number of aliphatic carboxylic acids is 1. The van der Waals surface area contributed by atoms with Gasteiger partial charge in [-0.2, -0.15) is 0 Å². The SMILES string of the molecule is Cc1cccc(CCC(=O)NCCCC(=O)O)c1. The van der Waals surface area contributed by atoms with E-state index in [1.54, 1.807) is 0 Å². The number of carboxylic acids is 1. The van der Waals surface area contributed by atoms with Crippen LogP contribution < -0.4 is 5.32 Å². The van der Waals surface area contributed by atoms with Gasteiger partial charge in [-0.3, -0.25) is 9.59 Å². The van der Waals surface area contributed by atoms with Gasteiger partial charge in [-0.05, 0) is 25.3 Å². The smallest absolute Gasteiger partial charge is 0.303 e. The molecule has 98 valence electrons. The third-order valence-corrected chi connectivity index (χ3v) is 2.61. The third-order valence-electron chi connectivity index (χ3n) is 2.61. The summed E-state index contributed by atoms with van der Waals surface area (Å²) in [4.78, 5) is 21.8. The van der Waals surface area contributed by atoms with Gasteiger partial charge in [0.2, 0.25) is 5.91 Å². The van der Waals surface area contributed by atoms with Gasteiger partial charge < -0.3 is 10.4 Å². The van der Waals surface area contributed by atoms with Gasteiger partial charge >= 0.3 is 5.97 Å². The van der Waals surface area contributed by atoms with Gasteiger partial charge in [0.1, 0.15) is 0 Å². The minimum absolute atomic E-state index is 0.0260. The van der Waals surface area contributed by atoms with Gasteiger partial charge in [0, 0.05) is 19.4 Å². The van der Waals surface area contributed by atoms with Gasteiger partial charge in [-0.15, -0.1) is 0 Å². The number of carbonyl (C=O) groups excluding carboxylic acids is 1. The molecule has 0 heterocycles. The molecule has 0 saturated carbocycles. The van der Waals surface area contributed by atoms with Crippen LogP contribution in [0.5, 0.6) is 0 Å². The van der Waals surface area contributed by atoms with Crippen molar-refractivity contribution in [2.24, 2.45) is 0 Å². The van der Waals surface area contributed by atoms with Crippen molar-refractivity contribution >= 4 is 11.9 Å². The molecule has 0 atom stereocenters. The summed E-state index contributed by atoms with van der Waals surface area (Å²) in [5.74, 6) is -0.856. The highest BCUT2D eigenvalue weighted by atomic mass is 16.4. The maximum absolute atomic E-state index is 11.5. The Hall–Kier alpha value is -1.84. The molecule has 1 rings (SSSR count). The van der Waals surface area contributed by atoms with Crippen LogP contribution in [0, 0.1) is 6.92 Å². The van der Waals surface area contributed by atoms with E-state index in [1.165, 1.54) is 5.56 Å². The molecule has 0 aliphatic rings. The van der Waals surface area contributed by atoms with E-state index >= 15 is 0 Å². The van der Waals surface area contributed by atoms with Crippen LogP contribution >= 0.6 is 0 Å². The number of amides is 1. The van der Waals surface area contributed by atoms with Crippen LogP contribution in [-0.2, 0) is 16.0 Å². The molecule has 18 heavy (non-hydrogen) atoms. The number of carboxylic acid groups (broad SMARTS) is 1. The maximum Gasteiger partial charge on any atom is 0.303 e. The van der Waals surface area contributed by atoms with Crippen molar-refractivity contribution < 1.29 is 14.7 Å². The zero-order chi connectivity index (χ0) is 13.4. The first-order chi connectivity index (χ1) is 8.58. The first-order valence-electron chi connectivity index (χ1n) is 6.12. The Morgan fingerprint density at radius 2 is 2.06 bits per heavy atom. The van der Waals surface area contributed by atoms with Crippen molar-refractivity contribution in [3.05, 3.63) is 35.4 Å². The standard InChI is InChI=1S/C14H19NO3/c1-11-4-2-5-12(10-11)7-8-13(16)15-9-3-6-14(17)18/h2,4-5,10H,3,6-9H2,1H3,(H,15,16)(H,17,18). The molecule has 0 radical (unpaired) electrons. The van der Waals surface area contributed by atoms with Gasteiger partial charge in [0.25, 0.3) is 0 Å². The van der Waals surface area contributed by atoms with Crippen LogP contribution in [0.4, 0.5) is 0 Å². The van der Waals surface area contributed by atoms with E-state index < -0.39 is 5.97 Å². The lowest BCUT2D eigenvalue weighted by molar-refractivity contribution is -0.137. The second kappa shape index (κ2) is 7.48. The first kappa shape index (κ1) is 14.2. The third kappa shape index (κ3) is 6.03. The zero-order valence-electron chi connectivity index (χ0n) is 10.6. The van der Waals surface area contributed by atoms with Crippen molar-refractivity contribution in [1.82, 2.24) is 5.32 Å². The van der Waals surface area contributed by atoms with Gasteiger partial charge in [0.15, 0.2) is 0 Å².